The first-order valence-corrected chi connectivity index (χ1v) is 5.25. The number of alkyl halides is 2. The maximum Gasteiger partial charge on any atom is 0.410 e. The van der Waals surface area contributed by atoms with E-state index in [1.54, 1.807) is 20.8 Å². The van der Waals surface area contributed by atoms with E-state index >= 15 is 0 Å². The summed E-state index contributed by atoms with van der Waals surface area (Å²) in [4.78, 5) is 12.2. The van der Waals surface area contributed by atoms with E-state index in [4.69, 9.17) is 9.84 Å². The van der Waals surface area contributed by atoms with E-state index in [9.17, 15) is 18.7 Å². The molecule has 100 valence electrons. The van der Waals surface area contributed by atoms with Gasteiger partial charge in [-0.15, -0.1) is 0 Å². The third kappa shape index (κ3) is 3.50. The second-order valence-corrected chi connectivity index (χ2v) is 5.13. The molecule has 2 atom stereocenters. The standard InChI is InChI=1S/C10H17F2NO4/c1-9(2,3)17-8(16)13-4-6(14)7(15)10(11,12)5-13/h6-7,14-15H,4-5H2,1-3H3/t6-,7-/m0/s1. The summed E-state index contributed by atoms with van der Waals surface area (Å²) in [6.45, 7) is 3.50. The minimum Gasteiger partial charge on any atom is -0.444 e. The summed E-state index contributed by atoms with van der Waals surface area (Å²) in [6.07, 6.45) is -4.75. The van der Waals surface area contributed by atoms with Crippen molar-refractivity contribution in [3.63, 3.8) is 0 Å². The van der Waals surface area contributed by atoms with Gasteiger partial charge in [0.15, 0.2) is 0 Å². The van der Waals surface area contributed by atoms with Crippen molar-refractivity contribution in [2.24, 2.45) is 0 Å². The molecule has 1 fully saturated rings. The molecule has 0 aromatic rings. The van der Waals surface area contributed by atoms with Crippen LogP contribution in [0.5, 0.6) is 0 Å². The maximum atomic E-state index is 13.2. The number of carbonyl (C=O) groups is 1. The Morgan fingerprint density at radius 3 is 2.35 bits per heavy atom. The number of carbonyl (C=O) groups excluding carboxylic acids is 1. The molecule has 0 aliphatic carbocycles. The monoisotopic (exact) mass is 253 g/mol. The van der Waals surface area contributed by atoms with Gasteiger partial charge >= 0.3 is 6.09 Å². The van der Waals surface area contributed by atoms with E-state index in [-0.39, 0.29) is 6.54 Å². The molecule has 0 aromatic carbocycles. The Hall–Kier alpha value is -0.950. The number of ether oxygens (including phenoxy) is 1. The van der Waals surface area contributed by atoms with Crippen molar-refractivity contribution in [2.75, 3.05) is 13.1 Å². The summed E-state index contributed by atoms with van der Waals surface area (Å²) in [5.41, 5.74) is -0.798. The normalized spacial score (nSPS) is 29.0. The third-order valence-corrected chi connectivity index (χ3v) is 2.26. The van der Waals surface area contributed by atoms with Crippen molar-refractivity contribution in [3.8, 4) is 0 Å². The van der Waals surface area contributed by atoms with Crippen LogP contribution in [-0.4, -0.2) is 58.0 Å². The van der Waals surface area contributed by atoms with Crippen LogP contribution in [0.1, 0.15) is 20.8 Å². The predicted molar refractivity (Wildman–Crippen MR) is 54.8 cm³/mol. The average molecular weight is 253 g/mol. The zero-order valence-corrected chi connectivity index (χ0v) is 9.98. The van der Waals surface area contributed by atoms with Crippen LogP contribution in [0.3, 0.4) is 0 Å². The van der Waals surface area contributed by atoms with Gasteiger partial charge in [0, 0.05) is 0 Å². The van der Waals surface area contributed by atoms with Gasteiger partial charge in [-0.2, -0.15) is 0 Å². The Kier molecular flexibility index (Phi) is 3.63. The number of aliphatic hydroxyl groups excluding tert-OH is 2. The molecular weight excluding hydrogens is 236 g/mol. The minimum atomic E-state index is -3.53. The fraction of sp³-hybridized carbons (Fsp3) is 0.900. The third-order valence-electron chi connectivity index (χ3n) is 2.26. The van der Waals surface area contributed by atoms with Crippen LogP contribution in [-0.2, 0) is 4.74 Å². The molecule has 1 rings (SSSR count). The van der Waals surface area contributed by atoms with E-state index in [2.05, 4.69) is 0 Å². The van der Waals surface area contributed by atoms with Crippen LogP contribution < -0.4 is 0 Å². The van der Waals surface area contributed by atoms with Gasteiger partial charge in [-0.3, -0.25) is 4.90 Å². The molecule has 1 saturated heterocycles. The summed E-state index contributed by atoms with van der Waals surface area (Å²) in [5.74, 6) is -3.53. The first kappa shape index (κ1) is 14.1. The van der Waals surface area contributed by atoms with Crippen molar-refractivity contribution in [1.82, 2.24) is 4.90 Å². The summed E-state index contributed by atoms with van der Waals surface area (Å²) >= 11 is 0. The summed E-state index contributed by atoms with van der Waals surface area (Å²) in [7, 11) is 0. The van der Waals surface area contributed by atoms with Gasteiger partial charge in [0.1, 0.15) is 17.8 Å². The minimum absolute atomic E-state index is 0.369. The molecule has 1 amide bonds. The average Bonchev–Trinajstić information content (AvgIpc) is 2.10. The van der Waals surface area contributed by atoms with Crippen molar-refractivity contribution in [2.45, 2.75) is 44.5 Å². The van der Waals surface area contributed by atoms with Crippen molar-refractivity contribution in [3.05, 3.63) is 0 Å². The Labute approximate surface area is 98.0 Å². The molecule has 0 bridgehead atoms. The first-order chi connectivity index (χ1) is 7.53. The number of hydrogen-bond donors (Lipinski definition) is 2. The van der Waals surface area contributed by atoms with Gasteiger partial charge in [0.2, 0.25) is 0 Å². The van der Waals surface area contributed by atoms with E-state index in [1.165, 1.54) is 0 Å². The number of likely N-dealkylation sites (tertiary alicyclic amines) is 1. The molecule has 1 aliphatic rings. The maximum absolute atomic E-state index is 13.2. The van der Waals surface area contributed by atoms with E-state index in [1.807, 2.05) is 0 Å². The fourth-order valence-corrected chi connectivity index (χ4v) is 1.49. The molecule has 17 heavy (non-hydrogen) atoms. The van der Waals surface area contributed by atoms with Gasteiger partial charge in [0.25, 0.3) is 5.92 Å². The Bertz CT molecular complexity index is 303. The smallest absolute Gasteiger partial charge is 0.410 e. The van der Waals surface area contributed by atoms with E-state index in [0.29, 0.717) is 4.90 Å². The van der Waals surface area contributed by atoms with Gasteiger partial charge in [-0.1, -0.05) is 0 Å². The van der Waals surface area contributed by atoms with Crippen molar-refractivity contribution >= 4 is 6.09 Å². The fourth-order valence-electron chi connectivity index (χ4n) is 1.49. The molecule has 1 heterocycles. The lowest BCUT2D eigenvalue weighted by Gasteiger charge is -2.39. The number of halogens is 2. The second-order valence-electron chi connectivity index (χ2n) is 5.13. The SMILES string of the molecule is CC(C)(C)OC(=O)N1C[C@H](O)[C@H](O)C(F)(F)C1. The lowest BCUT2D eigenvalue weighted by molar-refractivity contribution is -0.190. The molecule has 5 nitrogen and oxygen atoms in total. The number of amides is 1. The van der Waals surface area contributed by atoms with Crippen LogP contribution in [0.4, 0.5) is 13.6 Å². The predicted octanol–water partition coefficient (Wildman–Crippen LogP) is 0.594. The highest BCUT2D eigenvalue weighted by atomic mass is 19.3. The molecular formula is C10H17F2NO4. The summed E-state index contributed by atoms with van der Waals surface area (Å²) in [6, 6.07) is 0. The van der Waals surface area contributed by atoms with Gasteiger partial charge in [-0.25, -0.2) is 13.6 Å². The Morgan fingerprint density at radius 2 is 1.94 bits per heavy atom. The lowest BCUT2D eigenvalue weighted by Crippen LogP contribution is -2.61. The highest BCUT2D eigenvalue weighted by molar-refractivity contribution is 5.68. The van der Waals surface area contributed by atoms with Gasteiger partial charge in [-0.05, 0) is 20.8 Å². The molecule has 0 spiro atoms. The zero-order chi connectivity index (χ0) is 13.4. The first-order valence-electron chi connectivity index (χ1n) is 5.25. The Morgan fingerprint density at radius 1 is 1.41 bits per heavy atom. The number of rotatable bonds is 0. The molecule has 0 aromatic heterocycles. The highest BCUT2D eigenvalue weighted by Crippen LogP contribution is 2.28. The highest BCUT2D eigenvalue weighted by Gasteiger charge is 2.50. The number of nitrogens with zero attached hydrogens (tertiary/aromatic N) is 1. The molecule has 2 N–H and O–H groups in total. The van der Waals surface area contributed by atoms with Gasteiger partial charge in [0.05, 0.1) is 13.1 Å². The van der Waals surface area contributed by atoms with Crippen LogP contribution >= 0.6 is 0 Å². The molecule has 0 saturated carbocycles. The van der Waals surface area contributed by atoms with Crippen LogP contribution in [0.2, 0.25) is 0 Å². The van der Waals surface area contributed by atoms with Gasteiger partial charge < -0.3 is 14.9 Å². The number of hydrogen-bond acceptors (Lipinski definition) is 4. The quantitative estimate of drug-likeness (QED) is 0.663. The number of piperidine rings is 1. The number of aliphatic hydroxyl groups is 2. The summed E-state index contributed by atoms with van der Waals surface area (Å²) < 4.78 is 31.4. The zero-order valence-electron chi connectivity index (χ0n) is 9.98. The van der Waals surface area contributed by atoms with Crippen LogP contribution in [0.25, 0.3) is 0 Å². The van der Waals surface area contributed by atoms with E-state index in [0.717, 1.165) is 0 Å². The van der Waals surface area contributed by atoms with Crippen LogP contribution in [0.15, 0.2) is 0 Å². The Balaban J connectivity index is 2.71. The molecule has 0 unspecified atom stereocenters. The second kappa shape index (κ2) is 4.38. The topological polar surface area (TPSA) is 70.0 Å². The summed E-state index contributed by atoms with van der Waals surface area (Å²) in [5, 5.41) is 18.3. The van der Waals surface area contributed by atoms with Crippen LogP contribution in [0, 0.1) is 0 Å². The molecule has 7 heteroatoms. The van der Waals surface area contributed by atoms with Crippen molar-refractivity contribution < 1.29 is 28.5 Å². The number of β-amino-alcohol motifs (C(OH)–C–C–N with tert-alkyl or cyclic N) is 1. The van der Waals surface area contributed by atoms with E-state index < -0.39 is 36.4 Å². The van der Waals surface area contributed by atoms with Crippen molar-refractivity contribution in [1.29, 1.82) is 0 Å². The molecule has 1 aliphatic heterocycles. The largest absolute Gasteiger partial charge is 0.444 e. The molecule has 0 radical (unpaired) electrons. The lowest BCUT2D eigenvalue weighted by atomic mass is 10.0.